The topological polar surface area (TPSA) is 68.0 Å². The monoisotopic (exact) mass is 273 g/mol. The largest absolute Gasteiger partial charge is 0.348 e. The average Bonchev–Trinajstić information content (AvgIpc) is 2.45. The molecule has 0 bridgehead atoms. The summed E-state index contributed by atoms with van der Waals surface area (Å²) >= 11 is 0. The maximum atomic E-state index is 12.2. The summed E-state index contributed by atoms with van der Waals surface area (Å²) in [6, 6.07) is 3.69. The standard InChI is InChI=1S/C16H23N3O/c1-3-4-5-8-13(2)19-16(20)15-14(9-6-11-17)10-7-12-18-15/h7,10,12-13H,3-5,8,11,17H2,1-2H3,(H,19,20). The second-order valence-corrected chi connectivity index (χ2v) is 4.78. The van der Waals surface area contributed by atoms with Crippen LogP contribution in [0.1, 0.15) is 55.6 Å². The minimum Gasteiger partial charge on any atom is -0.348 e. The second kappa shape index (κ2) is 9.11. The van der Waals surface area contributed by atoms with Crippen molar-refractivity contribution in [3.05, 3.63) is 29.6 Å². The van der Waals surface area contributed by atoms with Crippen LogP contribution >= 0.6 is 0 Å². The number of hydrogen-bond acceptors (Lipinski definition) is 3. The molecule has 1 aromatic rings. The number of nitrogens with zero attached hydrogens (tertiary/aromatic N) is 1. The number of nitrogens with two attached hydrogens (primary N) is 1. The van der Waals surface area contributed by atoms with Crippen LogP contribution in [0.4, 0.5) is 0 Å². The first-order valence-electron chi connectivity index (χ1n) is 7.13. The van der Waals surface area contributed by atoms with Gasteiger partial charge in [0, 0.05) is 12.2 Å². The molecule has 4 heteroatoms. The zero-order chi connectivity index (χ0) is 14.8. The van der Waals surface area contributed by atoms with Crippen LogP contribution in [0.5, 0.6) is 0 Å². The summed E-state index contributed by atoms with van der Waals surface area (Å²) in [6.07, 6.45) is 6.08. The fourth-order valence-electron chi connectivity index (χ4n) is 1.90. The van der Waals surface area contributed by atoms with Crippen LogP contribution in [-0.4, -0.2) is 23.5 Å². The third-order valence-electron chi connectivity index (χ3n) is 2.97. The van der Waals surface area contributed by atoms with Crippen LogP contribution in [0.2, 0.25) is 0 Å². The van der Waals surface area contributed by atoms with Crippen LogP contribution in [0, 0.1) is 11.8 Å². The number of rotatable bonds is 6. The Morgan fingerprint density at radius 3 is 3.00 bits per heavy atom. The van der Waals surface area contributed by atoms with Gasteiger partial charge in [0.2, 0.25) is 0 Å². The first kappa shape index (κ1) is 16.2. The van der Waals surface area contributed by atoms with E-state index in [1.54, 1.807) is 18.3 Å². The van der Waals surface area contributed by atoms with E-state index in [4.69, 9.17) is 5.73 Å². The molecule has 1 rings (SSSR count). The first-order valence-corrected chi connectivity index (χ1v) is 7.13. The lowest BCUT2D eigenvalue weighted by Gasteiger charge is -2.13. The lowest BCUT2D eigenvalue weighted by atomic mass is 10.1. The highest BCUT2D eigenvalue weighted by molar-refractivity contribution is 5.94. The molecule has 1 unspecified atom stereocenters. The highest BCUT2D eigenvalue weighted by Gasteiger charge is 2.13. The maximum absolute atomic E-state index is 12.2. The maximum Gasteiger partial charge on any atom is 0.271 e. The van der Waals surface area contributed by atoms with Gasteiger partial charge < -0.3 is 11.1 Å². The Kier molecular flexibility index (Phi) is 7.38. The molecule has 0 aliphatic heterocycles. The van der Waals surface area contributed by atoms with E-state index in [0.29, 0.717) is 11.3 Å². The predicted molar refractivity (Wildman–Crippen MR) is 81.2 cm³/mol. The van der Waals surface area contributed by atoms with Gasteiger partial charge in [0.05, 0.1) is 12.1 Å². The third-order valence-corrected chi connectivity index (χ3v) is 2.97. The Bertz CT molecular complexity index is 488. The average molecular weight is 273 g/mol. The van der Waals surface area contributed by atoms with Gasteiger partial charge in [-0.1, -0.05) is 38.0 Å². The molecule has 20 heavy (non-hydrogen) atoms. The molecule has 1 aromatic heterocycles. The fraction of sp³-hybridized carbons (Fsp3) is 0.500. The molecule has 0 aromatic carbocycles. The fourth-order valence-corrected chi connectivity index (χ4v) is 1.90. The first-order chi connectivity index (χ1) is 9.69. The van der Waals surface area contributed by atoms with Crippen LogP contribution in [-0.2, 0) is 0 Å². The van der Waals surface area contributed by atoms with Crippen molar-refractivity contribution in [2.24, 2.45) is 5.73 Å². The quantitative estimate of drug-likeness (QED) is 0.616. The molecule has 0 spiro atoms. The highest BCUT2D eigenvalue weighted by atomic mass is 16.1. The van der Waals surface area contributed by atoms with Gasteiger partial charge in [0.15, 0.2) is 0 Å². The summed E-state index contributed by atoms with van der Waals surface area (Å²) < 4.78 is 0. The van der Waals surface area contributed by atoms with E-state index in [-0.39, 0.29) is 18.5 Å². The minimum absolute atomic E-state index is 0.145. The van der Waals surface area contributed by atoms with Gasteiger partial charge in [-0.05, 0) is 25.5 Å². The van der Waals surface area contributed by atoms with Crippen molar-refractivity contribution in [1.82, 2.24) is 10.3 Å². The van der Waals surface area contributed by atoms with Gasteiger partial charge in [-0.2, -0.15) is 0 Å². The van der Waals surface area contributed by atoms with E-state index in [1.165, 1.54) is 12.8 Å². The predicted octanol–water partition coefficient (Wildman–Crippen LogP) is 2.09. The van der Waals surface area contributed by atoms with Gasteiger partial charge in [-0.15, -0.1) is 0 Å². The molecule has 1 atom stereocenters. The number of carbonyl (C=O) groups excluding carboxylic acids is 1. The summed E-state index contributed by atoms with van der Waals surface area (Å²) in [5.74, 6) is 5.46. The summed E-state index contributed by atoms with van der Waals surface area (Å²) in [4.78, 5) is 16.3. The number of unbranched alkanes of at least 4 members (excludes halogenated alkanes) is 2. The van der Waals surface area contributed by atoms with E-state index in [2.05, 4.69) is 29.1 Å². The van der Waals surface area contributed by atoms with Gasteiger partial charge >= 0.3 is 0 Å². The summed E-state index contributed by atoms with van der Waals surface area (Å²) in [5, 5.41) is 2.97. The van der Waals surface area contributed by atoms with E-state index in [9.17, 15) is 4.79 Å². The molecule has 0 aliphatic carbocycles. The molecule has 108 valence electrons. The number of aromatic nitrogens is 1. The number of amides is 1. The van der Waals surface area contributed by atoms with Crippen molar-refractivity contribution in [2.75, 3.05) is 6.54 Å². The Hall–Kier alpha value is -1.86. The molecule has 4 nitrogen and oxygen atoms in total. The Balaban J connectivity index is 2.67. The molecular weight excluding hydrogens is 250 g/mol. The smallest absolute Gasteiger partial charge is 0.271 e. The molecule has 0 saturated heterocycles. The van der Waals surface area contributed by atoms with Crippen molar-refractivity contribution in [2.45, 2.75) is 45.6 Å². The lowest BCUT2D eigenvalue weighted by Crippen LogP contribution is -2.33. The van der Waals surface area contributed by atoms with Crippen molar-refractivity contribution in [3.63, 3.8) is 0 Å². The zero-order valence-corrected chi connectivity index (χ0v) is 12.3. The molecule has 0 aliphatic rings. The van der Waals surface area contributed by atoms with Crippen molar-refractivity contribution >= 4 is 5.91 Å². The van der Waals surface area contributed by atoms with Crippen molar-refractivity contribution < 1.29 is 4.79 Å². The SMILES string of the molecule is CCCCCC(C)NC(=O)c1ncccc1C#CCN. The van der Waals surface area contributed by atoms with Crippen molar-refractivity contribution in [3.8, 4) is 11.8 Å². The molecule has 3 N–H and O–H groups in total. The molecule has 0 saturated carbocycles. The Labute approximate surface area is 121 Å². The van der Waals surface area contributed by atoms with Crippen LogP contribution in [0.3, 0.4) is 0 Å². The van der Waals surface area contributed by atoms with Crippen LogP contribution < -0.4 is 11.1 Å². The van der Waals surface area contributed by atoms with Crippen LogP contribution in [0.15, 0.2) is 18.3 Å². The van der Waals surface area contributed by atoms with E-state index in [1.807, 2.05) is 6.92 Å². The third kappa shape index (κ3) is 5.41. The second-order valence-electron chi connectivity index (χ2n) is 4.78. The van der Waals surface area contributed by atoms with E-state index >= 15 is 0 Å². The number of nitrogens with one attached hydrogen (secondary N) is 1. The van der Waals surface area contributed by atoms with Crippen LogP contribution in [0.25, 0.3) is 0 Å². The van der Waals surface area contributed by atoms with Gasteiger partial charge in [-0.3, -0.25) is 4.79 Å². The highest BCUT2D eigenvalue weighted by Crippen LogP contribution is 2.07. The summed E-state index contributed by atoms with van der Waals surface area (Å²) in [5.41, 5.74) is 6.35. The van der Waals surface area contributed by atoms with Crippen molar-refractivity contribution in [1.29, 1.82) is 0 Å². The van der Waals surface area contributed by atoms with E-state index in [0.717, 1.165) is 12.8 Å². The number of carbonyl (C=O) groups is 1. The number of hydrogen-bond donors (Lipinski definition) is 2. The normalized spacial score (nSPS) is 11.3. The minimum atomic E-state index is -0.170. The van der Waals surface area contributed by atoms with Gasteiger partial charge in [0.1, 0.15) is 5.69 Å². The van der Waals surface area contributed by atoms with Gasteiger partial charge in [-0.25, -0.2) is 4.98 Å². The summed E-state index contributed by atoms with van der Waals surface area (Å²) in [6.45, 7) is 4.45. The molecule has 1 heterocycles. The molecule has 0 radical (unpaired) electrons. The molecule has 1 amide bonds. The molecule has 0 fully saturated rings. The molecular formula is C16H23N3O. The lowest BCUT2D eigenvalue weighted by molar-refractivity contribution is 0.0932. The zero-order valence-electron chi connectivity index (χ0n) is 12.3. The van der Waals surface area contributed by atoms with E-state index < -0.39 is 0 Å². The van der Waals surface area contributed by atoms with Gasteiger partial charge in [0.25, 0.3) is 5.91 Å². The Morgan fingerprint density at radius 1 is 1.50 bits per heavy atom. The summed E-state index contributed by atoms with van der Waals surface area (Å²) in [7, 11) is 0. The Morgan fingerprint density at radius 2 is 2.30 bits per heavy atom. The number of pyridine rings is 1.